The van der Waals surface area contributed by atoms with E-state index in [0.717, 1.165) is 10.2 Å². The molecule has 2 heterocycles. The Morgan fingerprint density at radius 2 is 1.94 bits per heavy atom. The number of ether oxygens (including phenoxy) is 1. The fraction of sp³-hybridized carbons (Fsp3) is 0.250. The molecule has 2 N–H and O–H groups in total. The fourth-order valence-corrected chi connectivity index (χ4v) is 4.46. The van der Waals surface area contributed by atoms with Gasteiger partial charge in [-0.2, -0.15) is 10.4 Å². The number of nitrogens with two attached hydrogens (primary N) is 1. The summed E-state index contributed by atoms with van der Waals surface area (Å²) in [5, 5.41) is 26.5. The number of aryl methyl sites for hydroxylation is 1. The number of halogens is 1. The Labute approximate surface area is 205 Å². The maximum atomic E-state index is 12.0. The van der Waals surface area contributed by atoms with Crippen molar-refractivity contribution >= 4 is 32.9 Å². The second-order valence-corrected chi connectivity index (χ2v) is 8.64. The van der Waals surface area contributed by atoms with Gasteiger partial charge in [-0.05, 0) is 56.7 Å². The molecule has 0 bridgehead atoms. The topological polar surface area (TPSA) is 123 Å². The third kappa shape index (κ3) is 3.93. The van der Waals surface area contributed by atoms with E-state index in [0.29, 0.717) is 47.1 Å². The average molecular weight is 523 g/mol. The Kier molecular flexibility index (Phi) is 6.41. The van der Waals surface area contributed by atoms with Gasteiger partial charge in [0.05, 0.1) is 27.4 Å². The minimum absolute atomic E-state index is 0.0365. The van der Waals surface area contributed by atoms with Crippen molar-refractivity contribution in [3.05, 3.63) is 79.4 Å². The summed E-state index contributed by atoms with van der Waals surface area (Å²) in [4.78, 5) is 13.5. The zero-order valence-corrected chi connectivity index (χ0v) is 20.5. The van der Waals surface area contributed by atoms with Gasteiger partial charge in [0, 0.05) is 29.2 Å². The van der Waals surface area contributed by atoms with Crippen LogP contribution in [0.15, 0.2) is 52.5 Å². The van der Waals surface area contributed by atoms with Gasteiger partial charge in [-0.1, -0.05) is 22.0 Å². The van der Waals surface area contributed by atoms with Crippen LogP contribution in [0.2, 0.25) is 0 Å². The van der Waals surface area contributed by atoms with Crippen LogP contribution >= 0.6 is 15.9 Å². The van der Waals surface area contributed by atoms with E-state index in [-0.39, 0.29) is 11.3 Å². The van der Waals surface area contributed by atoms with Gasteiger partial charge in [-0.25, -0.2) is 4.68 Å². The molecule has 0 aliphatic carbocycles. The summed E-state index contributed by atoms with van der Waals surface area (Å²) >= 11 is 3.43. The molecule has 1 unspecified atom stereocenters. The smallest absolute Gasteiger partial charge is 0.293 e. The molecule has 1 atom stereocenters. The maximum absolute atomic E-state index is 12.0. The number of nitro benzene ring substituents is 1. The highest BCUT2D eigenvalue weighted by Gasteiger charge is 2.34. The number of rotatable bonds is 6. The molecule has 0 saturated heterocycles. The van der Waals surface area contributed by atoms with Crippen LogP contribution in [0.3, 0.4) is 0 Å². The Morgan fingerprint density at radius 3 is 2.53 bits per heavy atom. The van der Waals surface area contributed by atoms with E-state index in [1.165, 1.54) is 6.07 Å². The zero-order valence-electron chi connectivity index (χ0n) is 18.9. The quantitative estimate of drug-likeness (QED) is 0.367. The van der Waals surface area contributed by atoms with Crippen LogP contribution in [-0.4, -0.2) is 34.0 Å². The molecule has 2 aromatic carbocycles. The van der Waals surface area contributed by atoms with Crippen LogP contribution in [0.4, 0.5) is 11.4 Å². The summed E-state index contributed by atoms with van der Waals surface area (Å²) in [6.45, 7) is 6.96. The summed E-state index contributed by atoms with van der Waals surface area (Å²) in [7, 11) is 0. The Hall–Kier alpha value is -3.68. The molecule has 1 aromatic heterocycles. The van der Waals surface area contributed by atoms with Crippen molar-refractivity contribution in [1.82, 2.24) is 9.78 Å². The van der Waals surface area contributed by atoms with Crippen molar-refractivity contribution in [2.45, 2.75) is 27.0 Å². The first-order valence-electron chi connectivity index (χ1n) is 10.8. The summed E-state index contributed by atoms with van der Waals surface area (Å²) < 4.78 is 8.49. The molecule has 10 heteroatoms. The molecular weight excluding hydrogens is 500 g/mol. The van der Waals surface area contributed by atoms with Crippen LogP contribution in [0.1, 0.15) is 30.7 Å². The molecule has 34 heavy (non-hydrogen) atoms. The van der Waals surface area contributed by atoms with Gasteiger partial charge in [0.25, 0.3) is 5.69 Å². The first kappa shape index (κ1) is 23.5. The van der Waals surface area contributed by atoms with Gasteiger partial charge in [0.2, 0.25) is 5.88 Å². The minimum atomic E-state index is -1.04. The first-order chi connectivity index (χ1) is 16.3. The number of nitrogens with zero attached hydrogens (tertiary/aromatic N) is 5. The predicted molar refractivity (Wildman–Crippen MR) is 133 cm³/mol. The van der Waals surface area contributed by atoms with Gasteiger partial charge in [0.15, 0.2) is 6.23 Å². The lowest BCUT2D eigenvalue weighted by Gasteiger charge is -2.25. The molecule has 1 aliphatic rings. The van der Waals surface area contributed by atoms with E-state index in [1.807, 2.05) is 49.9 Å². The molecule has 0 amide bonds. The molecule has 4 rings (SSSR count). The third-order valence-electron chi connectivity index (χ3n) is 5.82. The van der Waals surface area contributed by atoms with Crippen molar-refractivity contribution in [2.75, 3.05) is 18.0 Å². The largest absolute Gasteiger partial charge is 0.453 e. The molecule has 174 valence electrons. The Morgan fingerprint density at radius 1 is 1.26 bits per heavy atom. The van der Waals surface area contributed by atoms with Crippen molar-refractivity contribution in [2.24, 2.45) is 5.73 Å². The van der Waals surface area contributed by atoms with Gasteiger partial charge < -0.3 is 9.64 Å². The lowest BCUT2D eigenvalue weighted by atomic mass is 9.90. The molecule has 3 aromatic rings. The normalized spacial score (nSPS) is 14.9. The molecule has 0 fully saturated rings. The summed E-state index contributed by atoms with van der Waals surface area (Å²) in [5.41, 5.74) is 9.88. The van der Waals surface area contributed by atoms with Gasteiger partial charge in [-0.3, -0.25) is 15.8 Å². The number of nitro groups is 1. The van der Waals surface area contributed by atoms with Gasteiger partial charge >= 0.3 is 0 Å². The van der Waals surface area contributed by atoms with Crippen molar-refractivity contribution in [3.63, 3.8) is 0 Å². The van der Waals surface area contributed by atoms with Crippen LogP contribution in [0.25, 0.3) is 11.3 Å². The number of hydrogen-bond acceptors (Lipinski definition) is 7. The van der Waals surface area contributed by atoms with Crippen LogP contribution in [0, 0.1) is 28.4 Å². The maximum Gasteiger partial charge on any atom is 0.293 e. The summed E-state index contributed by atoms with van der Waals surface area (Å²) in [5.74, 6) is 0.386. The summed E-state index contributed by atoms with van der Waals surface area (Å²) in [6, 6.07) is 14.7. The molecular formula is C24H23BrN6O3. The van der Waals surface area contributed by atoms with E-state index in [9.17, 15) is 15.4 Å². The second-order valence-electron chi connectivity index (χ2n) is 7.73. The van der Waals surface area contributed by atoms with E-state index in [2.05, 4.69) is 27.1 Å². The van der Waals surface area contributed by atoms with E-state index < -0.39 is 11.2 Å². The van der Waals surface area contributed by atoms with Crippen LogP contribution in [0.5, 0.6) is 5.88 Å². The Bertz CT molecular complexity index is 1340. The monoisotopic (exact) mass is 522 g/mol. The van der Waals surface area contributed by atoms with E-state index >= 15 is 0 Å². The molecule has 0 saturated carbocycles. The second kappa shape index (κ2) is 9.29. The molecule has 1 aliphatic heterocycles. The number of nitriles is 1. The van der Waals surface area contributed by atoms with Gasteiger partial charge in [-0.15, -0.1) is 0 Å². The van der Waals surface area contributed by atoms with E-state index in [4.69, 9.17) is 10.5 Å². The van der Waals surface area contributed by atoms with E-state index in [1.54, 1.807) is 16.8 Å². The van der Waals surface area contributed by atoms with Crippen molar-refractivity contribution in [1.29, 1.82) is 5.26 Å². The number of benzene rings is 2. The van der Waals surface area contributed by atoms with Gasteiger partial charge in [0.1, 0.15) is 11.8 Å². The van der Waals surface area contributed by atoms with Crippen LogP contribution < -0.4 is 15.4 Å². The minimum Gasteiger partial charge on any atom is -0.453 e. The highest BCUT2D eigenvalue weighted by molar-refractivity contribution is 9.10. The molecule has 0 radical (unpaired) electrons. The standard InChI is InChI=1S/C24H23BrN6O3/c1-4-29(5-2)19-11-6-15(12-20(19)31(32)33)22-18(13-26)23(27)34-24-21(22)14(3)28-30(24)17-9-7-16(25)8-10-17/h6-12,23H,4-5,27H2,1-3H3. The molecule has 9 nitrogen and oxygen atoms in total. The average Bonchev–Trinajstić information content (AvgIpc) is 3.15. The number of fused-ring (bicyclic) bond motifs is 1. The van der Waals surface area contributed by atoms with Crippen molar-refractivity contribution < 1.29 is 9.66 Å². The number of aromatic nitrogens is 2. The van der Waals surface area contributed by atoms with Crippen LogP contribution in [-0.2, 0) is 0 Å². The predicted octanol–water partition coefficient (Wildman–Crippen LogP) is 4.70. The summed E-state index contributed by atoms with van der Waals surface area (Å²) in [6.07, 6.45) is -1.04. The fourth-order valence-electron chi connectivity index (χ4n) is 4.19. The van der Waals surface area contributed by atoms with Crippen molar-refractivity contribution in [3.8, 4) is 17.6 Å². The number of hydrogen-bond donors (Lipinski definition) is 1. The highest BCUT2D eigenvalue weighted by Crippen LogP contribution is 2.43. The third-order valence-corrected chi connectivity index (χ3v) is 6.35. The first-order valence-corrected chi connectivity index (χ1v) is 11.6. The Balaban J connectivity index is 1.95. The SMILES string of the molecule is CCN(CC)c1ccc(C2=C(C#N)C(N)Oc3c2c(C)nn3-c2ccc(Br)cc2)cc1[N+](=O)[O-]. The lowest BCUT2D eigenvalue weighted by molar-refractivity contribution is -0.384. The highest BCUT2D eigenvalue weighted by atomic mass is 79.9. The number of anilines is 1. The zero-order chi connectivity index (χ0) is 24.6. The molecule has 0 spiro atoms. The lowest BCUT2D eigenvalue weighted by Crippen LogP contribution is -2.33.